The number of amides is 1. The smallest absolute Gasteiger partial charge is 0.223 e. The molecular formula is C35H53BrN2O3S. The third-order valence-electron chi connectivity index (χ3n) is 7.70. The fourth-order valence-corrected chi connectivity index (χ4v) is 6.00. The van der Waals surface area contributed by atoms with Crippen LogP contribution < -0.4 is 14.4 Å². The van der Waals surface area contributed by atoms with Gasteiger partial charge in [-0.3, -0.25) is 4.79 Å². The van der Waals surface area contributed by atoms with Gasteiger partial charge in [0.05, 0.1) is 19.6 Å². The lowest BCUT2D eigenvalue weighted by Gasteiger charge is -2.23. The molecule has 0 radical (unpaired) electrons. The first-order valence-corrected chi connectivity index (χ1v) is 16.8. The van der Waals surface area contributed by atoms with Gasteiger partial charge in [-0.25, -0.2) is 0 Å². The molecule has 0 bridgehead atoms. The number of rotatable bonds is 21. The van der Waals surface area contributed by atoms with Crippen LogP contribution in [0.5, 0.6) is 11.5 Å². The van der Waals surface area contributed by atoms with Crippen molar-refractivity contribution >= 4 is 40.3 Å². The fraction of sp³-hybridized carbons (Fsp3) is 0.571. The first-order valence-electron chi connectivity index (χ1n) is 15.8. The average Bonchev–Trinajstić information content (AvgIpc) is 3.49. The molecule has 0 atom stereocenters. The molecule has 2 aromatic rings. The number of methoxy groups -OCH3 is 1. The Kier molecular flexibility index (Phi) is 18.5. The molecule has 7 heteroatoms. The maximum atomic E-state index is 12.6. The van der Waals surface area contributed by atoms with E-state index in [-0.39, 0.29) is 22.9 Å². The minimum absolute atomic E-state index is 0. The van der Waals surface area contributed by atoms with Crippen molar-refractivity contribution in [3.8, 4) is 11.5 Å². The molecule has 0 aliphatic carbocycles. The van der Waals surface area contributed by atoms with Gasteiger partial charge in [-0.1, -0.05) is 95.8 Å². The van der Waals surface area contributed by atoms with Gasteiger partial charge in [0, 0.05) is 31.9 Å². The van der Waals surface area contributed by atoms with Crippen molar-refractivity contribution in [2.24, 2.45) is 0 Å². The summed E-state index contributed by atoms with van der Waals surface area (Å²) in [4.78, 5) is 16.7. The van der Waals surface area contributed by atoms with Gasteiger partial charge in [0.1, 0.15) is 0 Å². The van der Waals surface area contributed by atoms with Gasteiger partial charge in [-0.15, -0.1) is 28.7 Å². The van der Waals surface area contributed by atoms with E-state index in [4.69, 9.17) is 9.47 Å². The second-order valence-corrected chi connectivity index (χ2v) is 12.0. The van der Waals surface area contributed by atoms with E-state index >= 15 is 0 Å². The first kappa shape index (κ1) is 36.1. The Morgan fingerprint density at radius 1 is 0.881 bits per heavy atom. The third-order valence-corrected chi connectivity index (χ3v) is 8.50. The van der Waals surface area contributed by atoms with Crippen molar-refractivity contribution in [1.29, 1.82) is 0 Å². The number of benzene rings is 2. The highest BCUT2D eigenvalue weighted by Gasteiger charge is 2.14. The van der Waals surface area contributed by atoms with Gasteiger partial charge < -0.3 is 19.3 Å². The molecule has 234 valence electrons. The molecule has 1 amide bonds. The van der Waals surface area contributed by atoms with Crippen LogP contribution in [0.3, 0.4) is 0 Å². The summed E-state index contributed by atoms with van der Waals surface area (Å²) >= 11 is 1.80. The topological polar surface area (TPSA) is 42.0 Å². The summed E-state index contributed by atoms with van der Waals surface area (Å²) in [5.74, 6) is 2.58. The number of halogens is 1. The third kappa shape index (κ3) is 13.5. The highest BCUT2D eigenvalue weighted by Crippen LogP contribution is 2.29. The largest absolute Gasteiger partial charge is 0.493 e. The van der Waals surface area contributed by atoms with Gasteiger partial charge in [-0.2, -0.15) is 0 Å². The highest BCUT2D eigenvalue weighted by molar-refractivity contribution is 8.93. The molecule has 0 unspecified atom stereocenters. The van der Waals surface area contributed by atoms with Gasteiger partial charge >= 0.3 is 0 Å². The molecule has 5 nitrogen and oxygen atoms in total. The first-order chi connectivity index (χ1) is 20.1. The normalized spacial score (nSPS) is 12.3. The second kappa shape index (κ2) is 21.6. The zero-order valence-corrected chi connectivity index (χ0v) is 28.7. The predicted molar refractivity (Wildman–Crippen MR) is 185 cm³/mol. The summed E-state index contributed by atoms with van der Waals surface area (Å²) in [6, 6.07) is 14.5. The Hall–Kier alpha value is -2.12. The number of thioether (sulfide) groups is 1. The molecule has 1 aliphatic heterocycles. The van der Waals surface area contributed by atoms with E-state index in [1.807, 2.05) is 23.1 Å². The zero-order chi connectivity index (χ0) is 29.1. The van der Waals surface area contributed by atoms with Gasteiger partial charge in [0.15, 0.2) is 11.5 Å². The van der Waals surface area contributed by atoms with Crippen LogP contribution in [0.1, 0.15) is 102 Å². The molecule has 0 saturated heterocycles. The number of unbranched alkanes of at least 4 members (excludes halogenated alkanes) is 11. The van der Waals surface area contributed by atoms with Gasteiger partial charge in [0.25, 0.3) is 0 Å². The molecule has 2 aromatic carbocycles. The molecule has 1 heterocycles. The lowest BCUT2D eigenvalue weighted by molar-refractivity contribution is -0.116. The SMILES string of the molecule is Br.CCCCCCCCCCCCCCOc1cc(CCN(C(C)=O)c2cccc(CN3C=CSC3)c2)ccc1OC. The summed E-state index contributed by atoms with van der Waals surface area (Å²) in [5, 5.41) is 2.12. The van der Waals surface area contributed by atoms with Crippen LogP contribution in [-0.4, -0.2) is 36.9 Å². The lowest BCUT2D eigenvalue weighted by atomic mass is 10.1. The van der Waals surface area contributed by atoms with Crippen LogP contribution in [0.4, 0.5) is 5.69 Å². The van der Waals surface area contributed by atoms with Crippen LogP contribution in [0.25, 0.3) is 0 Å². The zero-order valence-electron chi connectivity index (χ0n) is 26.2. The molecule has 0 saturated carbocycles. The second-order valence-electron chi connectivity index (χ2n) is 11.1. The van der Waals surface area contributed by atoms with E-state index in [1.165, 1.54) is 76.2 Å². The van der Waals surface area contributed by atoms with E-state index in [0.29, 0.717) is 13.2 Å². The van der Waals surface area contributed by atoms with Crippen molar-refractivity contribution in [3.05, 3.63) is 65.2 Å². The molecule has 42 heavy (non-hydrogen) atoms. The highest BCUT2D eigenvalue weighted by atomic mass is 79.9. The summed E-state index contributed by atoms with van der Waals surface area (Å²) in [5.41, 5.74) is 3.29. The van der Waals surface area contributed by atoms with Gasteiger partial charge in [0.2, 0.25) is 5.91 Å². The Labute approximate surface area is 270 Å². The molecule has 0 N–H and O–H groups in total. The van der Waals surface area contributed by atoms with E-state index < -0.39 is 0 Å². The molecule has 3 rings (SSSR count). The van der Waals surface area contributed by atoms with Crippen molar-refractivity contribution in [1.82, 2.24) is 4.90 Å². The molecule has 0 spiro atoms. The lowest BCUT2D eigenvalue weighted by Crippen LogP contribution is -2.30. The Morgan fingerprint density at radius 2 is 1.57 bits per heavy atom. The fourth-order valence-electron chi connectivity index (χ4n) is 5.29. The standard InChI is InChI=1S/C35H52N2O3S.BrH/c1-4-5-6-7-8-9-10-11-12-13-14-15-24-40-35-27-31(19-20-34(35)39-3)21-22-37(30(2)38)33-18-16-17-32(26-33)28-36-23-25-41-29-36;/h16-20,23,25-27H,4-15,21-22,24,28-29H2,1-3H3;1H. The van der Waals surface area contributed by atoms with Crippen LogP contribution in [0, 0.1) is 0 Å². The molecule has 1 aliphatic rings. The number of carbonyl (C=O) groups excluding carboxylic acids is 1. The summed E-state index contributed by atoms with van der Waals surface area (Å²) in [6.45, 7) is 6.08. The van der Waals surface area contributed by atoms with E-state index in [2.05, 4.69) is 47.7 Å². The van der Waals surface area contributed by atoms with Crippen molar-refractivity contribution in [2.75, 3.05) is 31.0 Å². The van der Waals surface area contributed by atoms with E-state index in [9.17, 15) is 4.79 Å². The van der Waals surface area contributed by atoms with Crippen LogP contribution in [-0.2, 0) is 17.8 Å². The Balaban J connectivity index is 0.00000616. The van der Waals surface area contributed by atoms with Gasteiger partial charge in [-0.05, 0) is 53.6 Å². The van der Waals surface area contributed by atoms with E-state index in [0.717, 1.165) is 48.0 Å². The summed E-state index contributed by atoms with van der Waals surface area (Å²) in [7, 11) is 1.69. The van der Waals surface area contributed by atoms with Crippen LogP contribution in [0.15, 0.2) is 54.1 Å². The quantitative estimate of drug-likeness (QED) is 0.125. The maximum absolute atomic E-state index is 12.6. The maximum Gasteiger partial charge on any atom is 0.223 e. The average molecular weight is 662 g/mol. The van der Waals surface area contributed by atoms with Crippen LogP contribution in [0.2, 0.25) is 0 Å². The van der Waals surface area contributed by atoms with Crippen molar-refractivity contribution in [2.45, 2.75) is 104 Å². The van der Waals surface area contributed by atoms with Crippen LogP contribution >= 0.6 is 28.7 Å². The summed E-state index contributed by atoms with van der Waals surface area (Å²) < 4.78 is 11.7. The molecule has 0 aromatic heterocycles. The molecular weight excluding hydrogens is 608 g/mol. The predicted octanol–water partition coefficient (Wildman–Crippen LogP) is 9.93. The van der Waals surface area contributed by atoms with E-state index in [1.54, 1.807) is 25.8 Å². The van der Waals surface area contributed by atoms with Crippen molar-refractivity contribution < 1.29 is 14.3 Å². The number of carbonyl (C=O) groups is 1. The monoisotopic (exact) mass is 660 g/mol. The minimum atomic E-state index is 0. The number of ether oxygens (including phenoxy) is 2. The molecule has 0 fully saturated rings. The van der Waals surface area contributed by atoms with Crippen molar-refractivity contribution in [3.63, 3.8) is 0 Å². The summed E-state index contributed by atoms with van der Waals surface area (Å²) in [6.07, 6.45) is 18.8. The number of hydrogen-bond acceptors (Lipinski definition) is 5. The number of anilines is 1. The Bertz CT molecular complexity index is 1060. The Morgan fingerprint density at radius 3 is 2.19 bits per heavy atom. The minimum Gasteiger partial charge on any atom is -0.493 e. The number of nitrogens with zero attached hydrogens (tertiary/aromatic N) is 2. The number of hydrogen-bond donors (Lipinski definition) is 0.